The molecule has 2 amide bonds. The minimum atomic E-state index is -1.33. The fourth-order valence-corrected chi connectivity index (χ4v) is 5.20. The standard InChI is InChI=1S/C20H26N2O6S2/c1-3-29-30-5-4-28-20(27)22-16-8-14(11-24)13(10-23)7-15(16)18(25)21-9-12(2)6-17(21)19(22)26/h7-8,17,19,23-24,26H,2-6,9-11H2,1H3/t17-,19?/m0/s1. The van der Waals surface area contributed by atoms with Crippen LogP contribution in [0.3, 0.4) is 0 Å². The van der Waals surface area contributed by atoms with Crippen LogP contribution in [0.1, 0.15) is 34.8 Å². The first-order valence-corrected chi connectivity index (χ1v) is 12.1. The van der Waals surface area contributed by atoms with Gasteiger partial charge in [-0.15, -0.1) is 0 Å². The molecule has 1 aromatic carbocycles. The summed E-state index contributed by atoms with van der Waals surface area (Å²) in [6.07, 6.45) is -1.72. The van der Waals surface area contributed by atoms with Crippen LogP contribution in [-0.4, -0.2) is 69.1 Å². The summed E-state index contributed by atoms with van der Waals surface area (Å²) in [5.41, 5.74) is 1.87. The molecule has 1 fully saturated rings. The Morgan fingerprint density at radius 1 is 1.27 bits per heavy atom. The van der Waals surface area contributed by atoms with Crippen LogP contribution in [0, 0.1) is 0 Å². The Balaban J connectivity index is 1.99. The molecule has 0 aliphatic carbocycles. The minimum absolute atomic E-state index is 0.158. The van der Waals surface area contributed by atoms with E-state index in [0.717, 1.165) is 16.2 Å². The molecular formula is C20H26N2O6S2. The molecule has 8 nitrogen and oxygen atoms in total. The first-order chi connectivity index (χ1) is 14.4. The van der Waals surface area contributed by atoms with Gasteiger partial charge in [0.05, 0.1) is 30.5 Å². The Bertz CT molecular complexity index is 834. The number of amides is 2. The van der Waals surface area contributed by atoms with Crippen LogP contribution in [0.25, 0.3) is 0 Å². The second-order valence-electron chi connectivity index (χ2n) is 7.04. The summed E-state index contributed by atoms with van der Waals surface area (Å²) in [6.45, 7) is 5.65. The molecule has 0 radical (unpaired) electrons. The number of aliphatic hydroxyl groups excluding tert-OH is 3. The van der Waals surface area contributed by atoms with Gasteiger partial charge in [0.1, 0.15) is 6.61 Å². The molecule has 0 aromatic heterocycles. The lowest BCUT2D eigenvalue weighted by Gasteiger charge is -2.31. The molecule has 1 saturated heterocycles. The quantitative estimate of drug-likeness (QED) is 0.326. The lowest BCUT2D eigenvalue weighted by atomic mass is 10.0. The molecule has 3 N–H and O–H groups in total. The maximum atomic E-state index is 13.2. The van der Waals surface area contributed by atoms with Crippen molar-refractivity contribution in [3.8, 4) is 0 Å². The van der Waals surface area contributed by atoms with E-state index in [1.807, 2.05) is 6.92 Å². The van der Waals surface area contributed by atoms with Gasteiger partial charge in [-0.2, -0.15) is 0 Å². The van der Waals surface area contributed by atoms with Gasteiger partial charge in [-0.25, -0.2) is 9.69 Å². The summed E-state index contributed by atoms with van der Waals surface area (Å²) >= 11 is 0. The molecule has 0 spiro atoms. The second kappa shape index (κ2) is 10.1. The second-order valence-corrected chi connectivity index (χ2v) is 9.91. The molecule has 1 aromatic rings. The predicted molar refractivity (Wildman–Crippen MR) is 117 cm³/mol. The lowest BCUT2D eigenvalue weighted by molar-refractivity contribution is 0.0493. The summed E-state index contributed by atoms with van der Waals surface area (Å²) in [7, 11) is 3.24. The molecule has 164 valence electrons. The van der Waals surface area contributed by atoms with E-state index in [4.69, 9.17) is 4.74 Å². The van der Waals surface area contributed by atoms with E-state index in [1.165, 1.54) is 17.0 Å². The van der Waals surface area contributed by atoms with Crippen LogP contribution >= 0.6 is 21.6 Å². The third kappa shape index (κ3) is 4.47. The first kappa shape index (κ1) is 23.0. The molecule has 10 heteroatoms. The van der Waals surface area contributed by atoms with Crippen LogP contribution in [0.5, 0.6) is 0 Å². The number of ether oxygens (including phenoxy) is 1. The maximum absolute atomic E-state index is 13.2. The number of hydrogen-bond donors (Lipinski definition) is 3. The van der Waals surface area contributed by atoms with Gasteiger partial charge in [0, 0.05) is 18.1 Å². The highest BCUT2D eigenvalue weighted by Crippen LogP contribution is 2.37. The molecule has 0 saturated carbocycles. The highest BCUT2D eigenvalue weighted by Gasteiger charge is 2.46. The summed E-state index contributed by atoms with van der Waals surface area (Å²) in [5.74, 6) is 1.17. The van der Waals surface area contributed by atoms with E-state index in [1.54, 1.807) is 21.6 Å². The van der Waals surface area contributed by atoms with Crippen LogP contribution in [0.2, 0.25) is 0 Å². The smallest absolute Gasteiger partial charge is 0.416 e. The van der Waals surface area contributed by atoms with Crippen molar-refractivity contribution in [2.45, 2.75) is 38.8 Å². The van der Waals surface area contributed by atoms with E-state index < -0.39 is 18.4 Å². The minimum Gasteiger partial charge on any atom is -0.448 e. The van der Waals surface area contributed by atoms with Gasteiger partial charge in [0.15, 0.2) is 6.23 Å². The van der Waals surface area contributed by atoms with Gasteiger partial charge in [-0.3, -0.25) is 4.79 Å². The fourth-order valence-electron chi connectivity index (χ4n) is 3.71. The summed E-state index contributed by atoms with van der Waals surface area (Å²) in [5, 5.41) is 30.4. The third-order valence-electron chi connectivity index (χ3n) is 5.10. The first-order valence-electron chi connectivity index (χ1n) is 9.66. The van der Waals surface area contributed by atoms with Crippen LogP contribution in [-0.2, 0) is 18.0 Å². The number of benzene rings is 1. The highest BCUT2D eigenvalue weighted by atomic mass is 33.1. The van der Waals surface area contributed by atoms with Crippen LogP contribution in [0.4, 0.5) is 10.5 Å². The van der Waals surface area contributed by atoms with Crippen molar-refractivity contribution in [1.82, 2.24) is 4.90 Å². The number of carbonyl (C=O) groups excluding carboxylic acids is 2. The predicted octanol–water partition coefficient (Wildman–Crippen LogP) is 2.12. The van der Waals surface area contributed by atoms with Crippen molar-refractivity contribution >= 4 is 39.3 Å². The summed E-state index contributed by atoms with van der Waals surface area (Å²) in [4.78, 5) is 28.7. The Kier molecular flexibility index (Phi) is 7.70. The van der Waals surface area contributed by atoms with E-state index in [9.17, 15) is 24.9 Å². The number of aliphatic hydroxyl groups is 3. The summed E-state index contributed by atoms with van der Waals surface area (Å²) < 4.78 is 5.38. The summed E-state index contributed by atoms with van der Waals surface area (Å²) in [6, 6.07) is 2.28. The lowest BCUT2D eigenvalue weighted by Crippen LogP contribution is -2.51. The molecule has 2 aliphatic rings. The molecule has 2 aliphatic heterocycles. The molecule has 2 atom stereocenters. The zero-order chi connectivity index (χ0) is 21.8. The number of carbonyl (C=O) groups is 2. The Labute approximate surface area is 183 Å². The van der Waals surface area contributed by atoms with Crippen molar-refractivity contribution < 1.29 is 29.6 Å². The van der Waals surface area contributed by atoms with Crippen molar-refractivity contribution in [1.29, 1.82) is 0 Å². The zero-order valence-electron chi connectivity index (χ0n) is 16.7. The van der Waals surface area contributed by atoms with Gasteiger partial charge in [0.2, 0.25) is 0 Å². The monoisotopic (exact) mass is 454 g/mol. The molecule has 0 bridgehead atoms. The molecule has 2 heterocycles. The van der Waals surface area contributed by atoms with E-state index in [2.05, 4.69) is 6.58 Å². The maximum Gasteiger partial charge on any atom is 0.416 e. The Hall–Kier alpha value is -1.72. The van der Waals surface area contributed by atoms with Gasteiger partial charge >= 0.3 is 6.09 Å². The SMILES string of the molecule is C=C1C[C@H]2C(O)N(C(=O)OCCSSCC)c3cc(CO)c(CO)cc3C(=O)N2C1. The normalized spacial score (nSPS) is 20.8. The molecular weight excluding hydrogens is 428 g/mol. The third-order valence-corrected chi connectivity index (χ3v) is 7.54. The van der Waals surface area contributed by atoms with Gasteiger partial charge in [0.25, 0.3) is 5.91 Å². The largest absolute Gasteiger partial charge is 0.448 e. The topological polar surface area (TPSA) is 111 Å². The van der Waals surface area contributed by atoms with Gasteiger partial charge < -0.3 is 25.0 Å². The number of hydrogen-bond acceptors (Lipinski definition) is 8. The number of rotatable bonds is 7. The number of nitrogens with zero attached hydrogens (tertiary/aromatic N) is 2. The van der Waals surface area contributed by atoms with Gasteiger partial charge in [-0.1, -0.05) is 40.7 Å². The van der Waals surface area contributed by atoms with Gasteiger partial charge in [-0.05, 0) is 29.7 Å². The average Bonchev–Trinajstić information content (AvgIpc) is 3.11. The van der Waals surface area contributed by atoms with E-state index >= 15 is 0 Å². The van der Waals surface area contributed by atoms with E-state index in [0.29, 0.717) is 23.3 Å². The zero-order valence-corrected chi connectivity index (χ0v) is 18.4. The van der Waals surface area contributed by atoms with Crippen molar-refractivity contribution in [2.24, 2.45) is 0 Å². The van der Waals surface area contributed by atoms with Crippen molar-refractivity contribution in [3.05, 3.63) is 41.0 Å². The molecule has 1 unspecified atom stereocenters. The Morgan fingerprint density at radius 3 is 2.63 bits per heavy atom. The van der Waals surface area contributed by atoms with Crippen molar-refractivity contribution in [3.63, 3.8) is 0 Å². The number of anilines is 1. The molecule has 3 rings (SSSR count). The van der Waals surface area contributed by atoms with Crippen molar-refractivity contribution in [2.75, 3.05) is 29.6 Å². The number of fused-ring (bicyclic) bond motifs is 2. The Morgan fingerprint density at radius 2 is 1.97 bits per heavy atom. The molecule has 30 heavy (non-hydrogen) atoms. The fraction of sp³-hybridized carbons (Fsp3) is 0.500. The average molecular weight is 455 g/mol. The van der Waals surface area contributed by atoms with Crippen LogP contribution < -0.4 is 4.90 Å². The van der Waals surface area contributed by atoms with E-state index in [-0.39, 0.29) is 43.5 Å². The van der Waals surface area contributed by atoms with Crippen LogP contribution in [0.15, 0.2) is 24.3 Å². The highest BCUT2D eigenvalue weighted by molar-refractivity contribution is 8.76.